The Bertz CT molecular complexity index is 853. The minimum absolute atomic E-state index is 0.0555. The molecule has 0 fully saturated rings. The third-order valence-electron chi connectivity index (χ3n) is 4.22. The predicted octanol–water partition coefficient (Wildman–Crippen LogP) is 3.79. The van der Waals surface area contributed by atoms with E-state index in [-0.39, 0.29) is 10.8 Å². The number of aryl methyl sites for hydroxylation is 1. The summed E-state index contributed by atoms with van der Waals surface area (Å²) < 4.78 is 0. The molecule has 0 amide bonds. The highest BCUT2D eigenvalue weighted by molar-refractivity contribution is 7.09. The Hall–Kier alpha value is -2.37. The molecule has 0 saturated heterocycles. The molecule has 4 nitrogen and oxygen atoms in total. The highest BCUT2D eigenvalue weighted by Gasteiger charge is 2.10. The standard InChI is InChI=1S/C20H21NO3S/c22-17(8-4-7-14-5-2-1-3-6-14)16-11-9-15(10-12-16)13-18-19(23)21-20(24)25-18/h1-3,5-6,9-12,17,22-23H,4,7-8,13H2,(H,21,24). The number of aromatic hydroxyl groups is 1. The molecule has 0 radical (unpaired) electrons. The van der Waals surface area contributed by atoms with Crippen LogP contribution in [0.25, 0.3) is 0 Å². The van der Waals surface area contributed by atoms with Gasteiger partial charge in [0.25, 0.3) is 0 Å². The summed E-state index contributed by atoms with van der Waals surface area (Å²) in [5, 5.41) is 20.0. The van der Waals surface area contributed by atoms with Crippen LogP contribution >= 0.6 is 11.3 Å². The minimum Gasteiger partial charge on any atom is -0.494 e. The number of H-pyrrole nitrogens is 1. The van der Waals surface area contributed by atoms with Crippen molar-refractivity contribution in [2.75, 3.05) is 0 Å². The van der Waals surface area contributed by atoms with Gasteiger partial charge < -0.3 is 10.2 Å². The summed E-state index contributed by atoms with van der Waals surface area (Å²) in [4.78, 5) is 14.0. The second-order valence-corrected chi connectivity index (χ2v) is 7.17. The van der Waals surface area contributed by atoms with Crippen molar-refractivity contribution >= 4 is 11.3 Å². The SMILES string of the molecule is O=c1[nH]c(O)c(Cc2ccc(C(O)CCCc3ccccc3)cc2)s1. The van der Waals surface area contributed by atoms with Gasteiger partial charge in [0.15, 0.2) is 0 Å². The van der Waals surface area contributed by atoms with Gasteiger partial charge in [-0.3, -0.25) is 9.78 Å². The molecule has 3 aromatic rings. The zero-order chi connectivity index (χ0) is 17.6. The lowest BCUT2D eigenvalue weighted by Crippen LogP contribution is -1.99. The Morgan fingerprint density at radius 2 is 1.72 bits per heavy atom. The Kier molecular flexibility index (Phi) is 5.68. The molecule has 1 atom stereocenters. The molecule has 1 unspecified atom stereocenters. The van der Waals surface area contributed by atoms with E-state index in [1.807, 2.05) is 42.5 Å². The summed E-state index contributed by atoms with van der Waals surface area (Å²) in [5.74, 6) is -0.0555. The molecule has 2 aromatic carbocycles. The summed E-state index contributed by atoms with van der Waals surface area (Å²) in [6, 6.07) is 18.0. The number of hydrogen-bond acceptors (Lipinski definition) is 4. The van der Waals surface area contributed by atoms with Crippen molar-refractivity contribution in [3.63, 3.8) is 0 Å². The Balaban J connectivity index is 1.54. The van der Waals surface area contributed by atoms with E-state index in [4.69, 9.17) is 0 Å². The van der Waals surface area contributed by atoms with Crippen LogP contribution in [0.4, 0.5) is 0 Å². The van der Waals surface area contributed by atoms with Gasteiger partial charge in [0.05, 0.1) is 11.0 Å². The van der Waals surface area contributed by atoms with E-state index in [0.29, 0.717) is 17.7 Å². The smallest absolute Gasteiger partial charge is 0.307 e. The maximum absolute atomic E-state index is 11.2. The maximum Gasteiger partial charge on any atom is 0.307 e. The van der Waals surface area contributed by atoms with Crippen LogP contribution in [0.5, 0.6) is 5.88 Å². The van der Waals surface area contributed by atoms with E-state index in [2.05, 4.69) is 17.1 Å². The molecule has 0 saturated carbocycles. The molecule has 0 spiro atoms. The first kappa shape index (κ1) is 17.5. The van der Waals surface area contributed by atoms with Crippen molar-refractivity contribution in [2.24, 2.45) is 0 Å². The Morgan fingerprint density at radius 3 is 2.36 bits per heavy atom. The van der Waals surface area contributed by atoms with Gasteiger partial charge in [0, 0.05) is 6.42 Å². The number of aliphatic hydroxyl groups excluding tert-OH is 1. The molecule has 130 valence electrons. The number of nitrogens with one attached hydrogen (secondary N) is 1. The normalized spacial score (nSPS) is 12.2. The van der Waals surface area contributed by atoms with Gasteiger partial charge in [-0.1, -0.05) is 65.9 Å². The lowest BCUT2D eigenvalue weighted by Gasteiger charge is -2.11. The van der Waals surface area contributed by atoms with Gasteiger partial charge in [-0.25, -0.2) is 0 Å². The van der Waals surface area contributed by atoms with Crippen molar-refractivity contribution in [3.05, 3.63) is 85.8 Å². The van der Waals surface area contributed by atoms with Crippen LogP contribution in [0.2, 0.25) is 0 Å². The molecule has 1 aromatic heterocycles. The average Bonchev–Trinajstić information content (AvgIpc) is 2.93. The fraction of sp³-hybridized carbons (Fsp3) is 0.250. The first-order valence-electron chi connectivity index (χ1n) is 8.33. The second-order valence-electron chi connectivity index (χ2n) is 6.10. The average molecular weight is 355 g/mol. The molecule has 0 aliphatic carbocycles. The third kappa shape index (κ3) is 4.81. The van der Waals surface area contributed by atoms with Crippen LogP contribution in [-0.4, -0.2) is 15.2 Å². The molecule has 25 heavy (non-hydrogen) atoms. The fourth-order valence-corrected chi connectivity index (χ4v) is 3.58. The van der Waals surface area contributed by atoms with Crippen LogP contribution < -0.4 is 4.87 Å². The van der Waals surface area contributed by atoms with Gasteiger partial charge in [0.2, 0.25) is 5.88 Å². The van der Waals surface area contributed by atoms with Gasteiger partial charge in [-0.2, -0.15) is 0 Å². The summed E-state index contributed by atoms with van der Waals surface area (Å²) in [6.07, 6.45) is 2.63. The molecular weight excluding hydrogens is 334 g/mol. The van der Waals surface area contributed by atoms with E-state index in [1.54, 1.807) is 0 Å². The molecule has 0 aliphatic heterocycles. The van der Waals surface area contributed by atoms with E-state index >= 15 is 0 Å². The predicted molar refractivity (Wildman–Crippen MR) is 100 cm³/mol. The quantitative estimate of drug-likeness (QED) is 0.604. The second kappa shape index (κ2) is 8.14. The maximum atomic E-state index is 11.2. The van der Waals surface area contributed by atoms with Crippen molar-refractivity contribution in [1.29, 1.82) is 0 Å². The lowest BCUT2D eigenvalue weighted by atomic mass is 9.99. The van der Waals surface area contributed by atoms with E-state index in [1.165, 1.54) is 5.56 Å². The first-order valence-corrected chi connectivity index (χ1v) is 9.15. The summed E-state index contributed by atoms with van der Waals surface area (Å²) in [6.45, 7) is 0. The molecule has 0 bridgehead atoms. The molecular formula is C20H21NO3S. The van der Waals surface area contributed by atoms with Gasteiger partial charge >= 0.3 is 4.87 Å². The number of aromatic amines is 1. The highest BCUT2D eigenvalue weighted by Crippen LogP contribution is 2.23. The number of rotatable bonds is 7. The monoisotopic (exact) mass is 355 g/mol. The van der Waals surface area contributed by atoms with Crippen LogP contribution in [0.15, 0.2) is 59.4 Å². The first-order chi connectivity index (χ1) is 12.1. The van der Waals surface area contributed by atoms with Crippen molar-refractivity contribution < 1.29 is 10.2 Å². The summed E-state index contributed by atoms with van der Waals surface area (Å²) in [7, 11) is 0. The third-order valence-corrected chi connectivity index (χ3v) is 5.09. The van der Waals surface area contributed by atoms with Crippen molar-refractivity contribution in [2.45, 2.75) is 31.8 Å². The topological polar surface area (TPSA) is 73.3 Å². The van der Waals surface area contributed by atoms with E-state index in [0.717, 1.165) is 35.3 Å². The minimum atomic E-state index is -0.477. The van der Waals surface area contributed by atoms with Gasteiger partial charge in [-0.05, 0) is 36.0 Å². The van der Waals surface area contributed by atoms with E-state index in [9.17, 15) is 15.0 Å². The number of aromatic nitrogens is 1. The van der Waals surface area contributed by atoms with Gasteiger partial charge in [-0.15, -0.1) is 0 Å². The molecule has 1 heterocycles. The molecule has 3 rings (SSSR count). The molecule has 5 heteroatoms. The van der Waals surface area contributed by atoms with Crippen LogP contribution in [-0.2, 0) is 12.8 Å². The van der Waals surface area contributed by atoms with Crippen LogP contribution in [0.1, 0.15) is 40.5 Å². The zero-order valence-electron chi connectivity index (χ0n) is 13.8. The van der Waals surface area contributed by atoms with E-state index < -0.39 is 6.10 Å². The largest absolute Gasteiger partial charge is 0.494 e. The fourth-order valence-electron chi connectivity index (χ4n) is 2.83. The number of hydrogen-bond donors (Lipinski definition) is 3. The summed E-state index contributed by atoms with van der Waals surface area (Å²) >= 11 is 1.02. The highest BCUT2D eigenvalue weighted by atomic mass is 32.1. The summed E-state index contributed by atoms with van der Waals surface area (Å²) in [5.41, 5.74) is 3.17. The van der Waals surface area contributed by atoms with Crippen LogP contribution in [0.3, 0.4) is 0 Å². The zero-order valence-corrected chi connectivity index (χ0v) is 14.6. The van der Waals surface area contributed by atoms with Crippen molar-refractivity contribution in [3.8, 4) is 5.88 Å². The number of aliphatic hydroxyl groups is 1. The van der Waals surface area contributed by atoms with Crippen molar-refractivity contribution in [1.82, 2.24) is 4.98 Å². The lowest BCUT2D eigenvalue weighted by molar-refractivity contribution is 0.164. The number of thiazole rings is 1. The Labute approximate surface area is 150 Å². The van der Waals surface area contributed by atoms with Crippen LogP contribution in [0, 0.1) is 0 Å². The molecule has 0 aliphatic rings. The number of benzene rings is 2. The van der Waals surface area contributed by atoms with Gasteiger partial charge in [0.1, 0.15) is 0 Å². The molecule has 3 N–H and O–H groups in total. The Morgan fingerprint density at radius 1 is 1.00 bits per heavy atom.